The number of ether oxygens (including phenoxy) is 3. The molecule has 0 atom stereocenters. The first-order valence-corrected chi connectivity index (χ1v) is 10.5. The fraction of sp³-hybridized carbons (Fsp3) is 0.333. The molecule has 0 fully saturated rings. The summed E-state index contributed by atoms with van der Waals surface area (Å²) in [7, 11) is 1.57. The number of aromatic nitrogens is 1. The standard InChI is InChI=1S/C24H24N2O5/c1-29-20-9-8-17-15-18(23(27)25-10-4-6-16-5-2-3-7-19(16)25)24(28)26-11-12-30-13-14-31-22(20)21(17)26/h2-3,5,7-9,15H,4,6,10-14H2,1H3. The molecule has 1 amide bonds. The first-order valence-electron chi connectivity index (χ1n) is 10.5. The van der Waals surface area contributed by atoms with Crippen molar-refractivity contribution in [3.05, 3.63) is 63.9 Å². The highest BCUT2D eigenvalue weighted by atomic mass is 16.5. The first-order chi connectivity index (χ1) is 15.2. The van der Waals surface area contributed by atoms with Gasteiger partial charge in [-0.3, -0.25) is 9.59 Å². The van der Waals surface area contributed by atoms with Crippen LogP contribution >= 0.6 is 0 Å². The van der Waals surface area contributed by atoms with Crippen molar-refractivity contribution < 1.29 is 19.0 Å². The Bertz CT molecular complexity index is 1220. The third kappa shape index (κ3) is 3.35. The Hall–Kier alpha value is -3.32. The second-order valence-electron chi connectivity index (χ2n) is 7.70. The van der Waals surface area contributed by atoms with E-state index >= 15 is 0 Å². The molecule has 0 saturated heterocycles. The number of para-hydroxylation sites is 1. The Morgan fingerprint density at radius 1 is 1.06 bits per heavy atom. The van der Waals surface area contributed by atoms with Gasteiger partial charge in [0.2, 0.25) is 0 Å². The summed E-state index contributed by atoms with van der Waals surface area (Å²) in [5.41, 5.74) is 2.45. The number of nitrogens with zero attached hydrogens (tertiary/aromatic N) is 2. The molecule has 2 aliphatic heterocycles. The number of anilines is 1. The van der Waals surface area contributed by atoms with Crippen LogP contribution in [-0.4, -0.2) is 43.9 Å². The van der Waals surface area contributed by atoms with E-state index in [0.717, 1.165) is 29.5 Å². The van der Waals surface area contributed by atoms with Crippen molar-refractivity contribution in [1.29, 1.82) is 0 Å². The number of amides is 1. The Kier molecular flexibility index (Phi) is 5.11. The van der Waals surface area contributed by atoms with Gasteiger partial charge in [-0.2, -0.15) is 0 Å². The van der Waals surface area contributed by atoms with E-state index in [4.69, 9.17) is 14.2 Å². The van der Waals surface area contributed by atoms with Crippen LogP contribution in [0.3, 0.4) is 0 Å². The van der Waals surface area contributed by atoms with E-state index in [9.17, 15) is 9.59 Å². The highest BCUT2D eigenvalue weighted by Gasteiger charge is 2.27. The van der Waals surface area contributed by atoms with E-state index in [1.54, 1.807) is 28.7 Å². The Labute approximate surface area is 179 Å². The summed E-state index contributed by atoms with van der Waals surface area (Å²) < 4.78 is 18.6. The maximum atomic E-state index is 13.6. The molecular formula is C24H24N2O5. The van der Waals surface area contributed by atoms with Gasteiger partial charge in [-0.15, -0.1) is 0 Å². The summed E-state index contributed by atoms with van der Waals surface area (Å²) in [4.78, 5) is 28.8. The first kappa shape index (κ1) is 19.6. The van der Waals surface area contributed by atoms with E-state index in [-0.39, 0.29) is 17.0 Å². The molecule has 7 heteroatoms. The zero-order valence-corrected chi connectivity index (χ0v) is 17.4. The molecule has 0 unspecified atom stereocenters. The molecule has 2 aromatic carbocycles. The largest absolute Gasteiger partial charge is 0.493 e. The van der Waals surface area contributed by atoms with Gasteiger partial charge in [-0.1, -0.05) is 18.2 Å². The Morgan fingerprint density at radius 3 is 2.81 bits per heavy atom. The van der Waals surface area contributed by atoms with Crippen molar-refractivity contribution in [2.75, 3.05) is 38.4 Å². The van der Waals surface area contributed by atoms with Gasteiger partial charge in [0.15, 0.2) is 11.5 Å². The minimum Gasteiger partial charge on any atom is -0.493 e. The van der Waals surface area contributed by atoms with Gasteiger partial charge in [-0.05, 0) is 42.7 Å². The van der Waals surface area contributed by atoms with Crippen molar-refractivity contribution in [3.63, 3.8) is 0 Å². The van der Waals surface area contributed by atoms with Crippen molar-refractivity contribution in [2.24, 2.45) is 0 Å². The number of hydrogen-bond acceptors (Lipinski definition) is 5. The van der Waals surface area contributed by atoms with Crippen LogP contribution < -0.4 is 19.9 Å². The van der Waals surface area contributed by atoms with Crippen LogP contribution in [0.5, 0.6) is 11.5 Å². The average Bonchev–Trinajstić information content (AvgIpc) is 2.92. The van der Waals surface area contributed by atoms with Gasteiger partial charge in [-0.25, -0.2) is 0 Å². The van der Waals surface area contributed by atoms with Gasteiger partial charge >= 0.3 is 0 Å². The van der Waals surface area contributed by atoms with Gasteiger partial charge < -0.3 is 23.7 Å². The molecule has 160 valence electrons. The molecule has 0 aliphatic carbocycles. The second-order valence-corrected chi connectivity index (χ2v) is 7.70. The Balaban J connectivity index is 1.69. The Morgan fingerprint density at radius 2 is 1.94 bits per heavy atom. The lowest BCUT2D eigenvalue weighted by Crippen LogP contribution is -2.40. The predicted octanol–water partition coefficient (Wildman–Crippen LogP) is 3.01. The normalized spacial score (nSPS) is 16.0. The van der Waals surface area contributed by atoms with Gasteiger partial charge in [0.05, 0.1) is 25.8 Å². The van der Waals surface area contributed by atoms with Crippen LogP contribution in [0.4, 0.5) is 5.69 Å². The van der Waals surface area contributed by atoms with E-state index in [1.165, 1.54) is 0 Å². The average molecular weight is 420 g/mol. The van der Waals surface area contributed by atoms with Gasteiger partial charge in [0, 0.05) is 24.2 Å². The summed E-state index contributed by atoms with van der Waals surface area (Å²) >= 11 is 0. The molecule has 31 heavy (non-hydrogen) atoms. The molecule has 0 N–H and O–H groups in total. The molecule has 0 saturated carbocycles. The lowest BCUT2D eigenvalue weighted by molar-refractivity contribution is 0.0965. The third-order valence-corrected chi connectivity index (χ3v) is 5.91. The highest BCUT2D eigenvalue weighted by Crippen LogP contribution is 2.36. The second kappa shape index (κ2) is 8.07. The number of carbonyl (C=O) groups excluding carboxylic acids is 1. The maximum absolute atomic E-state index is 13.6. The van der Waals surface area contributed by atoms with Crippen molar-refractivity contribution in [1.82, 2.24) is 4.57 Å². The highest BCUT2D eigenvalue weighted by molar-refractivity contribution is 6.08. The number of rotatable bonds is 2. The van der Waals surface area contributed by atoms with Gasteiger partial charge in [0.1, 0.15) is 12.2 Å². The summed E-state index contributed by atoms with van der Waals surface area (Å²) in [5, 5.41) is 0.756. The number of aryl methyl sites for hydroxylation is 1. The minimum absolute atomic E-state index is 0.152. The van der Waals surface area contributed by atoms with Crippen molar-refractivity contribution >= 4 is 22.5 Å². The third-order valence-electron chi connectivity index (χ3n) is 5.91. The molecule has 3 aromatic rings. The summed E-state index contributed by atoms with van der Waals surface area (Å²) in [6, 6.07) is 13.2. The van der Waals surface area contributed by atoms with Crippen molar-refractivity contribution in [2.45, 2.75) is 19.4 Å². The zero-order valence-electron chi connectivity index (χ0n) is 17.4. The molecule has 7 nitrogen and oxygen atoms in total. The lowest BCUT2D eigenvalue weighted by Gasteiger charge is -2.29. The van der Waals surface area contributed by atoms with Crippen molar-refractivity contribution in [3.8, 4) is 11.5 Å². The lowest BCUT2D eigenvalue weighted by atomic mass is 10.0. The fourth-order valence-electron chi connectivity index (χ4n) is 4.44. The van der Waals surface area contributed by atoms with E-state index in [0.29, 0.717) is 49.9 Å². The minimum atomic E-state index is -0.343. The number of pyridine rings is 1. The van der Waals surface area contributed by atoms with Crippen LogP contribution in [0, 0.1) is 0 Å². The molecule has 3 heterocycles. The van der Waals surface area contributed by atoms with Crippen LogP contribution in [-0.2, 0) is 17.7 Å². The van der Waals surface area contributed by atoms with Gasteiger partial charge in [0.25, 0.3) is 11.5 Å². The molecule has 1 aromatic heterocycles. The molecule has 0 radical (unpaired) electrons. The molecule has 0 spiro atoms. The maximum Gasteiger partial charge on any atom is 0.264 e. The number of benzene rings is 2. The summed E-state index contributed by atoms with van der Waals surface area (Å²) in [6.45, 7) is 2.05. The van der Waals surface area contributed by atoms with Crippen LogP contribution in [0.2, 0.25) is 0 Å². The number of fused-ring (bicyclic) bond motifs is 1. The zero-order chi connectivity index (χ0) is 21.4. The quantitative estimate of drug-likeness (QED) is 0.638. The molecule has 5 rings (SSSR count). The molecule has 2 aliphatic rings. The summed E-state index contributed by atoms with van der Waals surface area (Å²) in [6.07, 6.45) is 1.80. The van der Waals surface area contributed by atoms with Crippen LogP contribution in [0.15, 0.2) is 47.3 Å². The summed E-state index contributed by atoms with van der Waals surface area (Å²) in [5.74, 6) is 0.776. The SMILES string of the molecule is COc1ccc2cc(C(=O)N3CCCc4ccccc43)c(=O)n3c2c1OCCOCC3. The number of carbonyl (C=O) groups is 1. The topological polar surface area (TPSA) is 70.0 Å². The predicted molar refractivity (Wildman–Crippen MR) is 118 cm³/mol. The van der Waals surface area contributed by atoms with Crippen LogP contribution in [0.25, 0.3) is 10.9 Å². The molecule has 0 bridgehead atoms. The fourth-order valence-corrected chi connectivity index (χ4v) is 4.44. The van der Waals surface area contributed by atoms with E-state index in [1.807, 2.05) is 30.3 Å². The smallest absolute Gasteiger partial charge is 0.264 e. The monoisotopic (exact) mass is 420 g/mol. The van der Waals surface area contributed by atoms with E-state index in [2.05, 4.69) is 0 Å². The molecular weight excluding hydrogens is 396 g/mol. The van der Waals surface area contributed by atoms with E-state index < -0.39 is 0 Å². The number of methoxy groups -OCH3 is 1. The number of hydrogen-bond donors (Lipinski definition) is 0. The van der Waals surface area contributed by atoms with Crippen LogP contribution in [0.1, 0.15) is 22.3 Å².